The van der Waals surface area contributed by atoms with E-state index in [2.05, 4.69) is 0 Å². The zero-order chi connectivity index (χ0) is 13.7. The Morgan fingerprint density at radius 3 is 2.56 bits per heavy atom. The Morgan fingerprint density at radius 1 is 1.39 bits per heavy atom. The minimum absolute atomic E-state index is 0.0701. The fourth-order valence-electron chi connectivity index (χ4n) is 3.98. The molecule has 0 bridgehead atoms. The summed E-state index contributed by atoms with van der Waals surface area (Å²) in [6, 6.07) is 0. The highest BCUT2D eigenvalue weighted by Crippen LogP contribution is 2.55. The lowest BCUT2D eigenvalue weighted by Gasteiger charge is -2.44. The Balaban J connectivity index is 2.51. The van der Waals surface area contributed by atoms with Crippen molar-refractivity contribution in [3.05, 3.63) is 11.6 Å². The monoisotopic (exact) mass is 250 g/mol. The van der Waals surface area contributed by atoms with Crippen LogP contribution in [0.2, 0.25) is 0 Å². The standard InChI is InChI=1S/C15H22O3/c1-8(2)14-11(16)6-10(4)15(14)7-12(17)9(3)5-13(15)18/h5,8,10,13-14,18H,6-7H2,1-4H3/t10-,13?,14-,15+/m1/s1. The quantitative estimate of drug-likeness (QED) is 0.775. The van der Waals surface area contributed by atoms with Gasteiger partial charge in [0.15, 0.2) is 5.78 Å². The first-order valence-electron chi connectivity index (χ1n) is 6.73. The average molecular weight is 250 g/mol. The third kappa shape index (κ3) is 1.68. The lowest BCUT2D eigenvalue weighted by atomic mass is 9.60. The summed E-state index contributed by atoms with van der Waals surface area (Å²) in [6.45, 7) is 7.74. The van der Waals surface area contributed by atoms with Crippen molar-refractivity contribution in [3.8, 4) is 0 Å². The minimum atomic E-state index is -0.677. The molecule has 0 aromatic carbocycles. The molecule has 100 valence electrons. The van der Waals surface area contributed by atoms with E-state index in [0.717, 1.165) is 0 Å². The van der Waals surface area contributed by atoms with Crippen LogP contribution < -0.4 is 0 Å². The summed E-state index contributed by atoms with van der Waals surface area (Å²) in [5.41, 5.74) is 0.0594. The van der Waals surface area contributed by atoms with Crippen molar-refractivity contribution in [1.82, 2.24) is 0 Å². The Labute approximate surface area is 108 Å². The largest absolute Gasteiger partial charge is 0.388 e. The lowest BCUT2D eigenvalue weighted by molar-refractivity contribution is -0.131. The molecule has 2 aliphatic carbocycles. The van der Waals surface area contributed by atoms with Crippen LogP contribution in [-0.4, -0.2) is 22.8 Å². The van der Waals surface area contributed by atoms with Gasteiger partial charge in [0.05, 0.1) is 6.10 Å². The second-order valence-electron chi connectivity index (χ2n) is 6.30. The summed E-state index contributed by atoms with van der Waals surface area (Å²) in [7, 11) is 0. The highest BCUT2D eigenvalue weighted by Gasteiger charge is 2.59. The summed E-state index contributed by atoms with van der Waals surface area (Å²) in [5, 5.41) is 10.5. The van der Waals surface area contributed by atoms with Crippen LogP contribution in [0.3, 0.4) is 0 Å². The van der Waals surface area contributed by atoms with Crippen molar-refractivity contribution < 1.29 is 14.7 Å². The van der Waals surface area contributed by atoms with Gasteiger partial charge >= 0.3 is 0 Å². The molecule has 1 spiro atoms. The van der Waals surface area contributed by atoms with Gasteiger partial charge in [0.2, 0.25) is 0 Å². The van der Waals surface area contributed by atoms with Crippen molar-refractivity contribution in [3.63, 3.8) is 0 Å². The summed E-state index contributed by atoms with van der Waals surface area (Å²) in [4.78, 5) is 24.2. The lowest BCUT2D eigenvalue weighted by Crippen LogP contribution is -2.48. The van der Waals surface area contributed by atoms with Crippen molar-refractivity contribution in [2.45, 2.75) is 46.6 Å². The normalized spacial score (nSPS) is 40.8. The fraction of sp³-hybridized carbons (Fsp3) is 0.733. The Hall–Kier alpha value is -0.960. The molecule has 0 aromatic rings. The number of aliphatic hydroxyl groups is 1. The molecule has 0 amide bonds. The van der Waals surface area contributed by atoms with Gasteiger partial charge in [0, 0.05) is 24.2 Å². The molecular formula is C15H22O3. The summed E-state index contributed by atoms with van der Waals surface area (Å²) in [6.07, 6.45) is 1.77. The van der Waals surface area contributed by atoms with Crippen LogP contribution in [0.4, 0.5) is 0 Å². The average Bonchev–Trinajstić information content (AvgIpc) is 2.48. The maximum absolute atomic E-state index is 12.2. The van der Waals surface area contributed by atoms with E-state index in [0.29, 0.717) is 18.4 Å². The highest BCUT2D eigenvalue weighted by atomic mass is 16.3. The zero-order valence-electron chi connectivity index (χ0n) is 11.6. The van der Waals surface area contributed by atoms with E-state index >= 15 is 0 Å². The van der Waals surface area contributed by atoms with Crippen molar-refractivity contribution in [2.24, 2.45) is 23.2 Å². The topological polar surface area (TPSA) is 54.4 Å². The molecular weight excluding hydrogens is 228 g/mol. The molecule has 1 saturated carbocycles. The van der Waals surface area contributed by atoms with Crippen LogP contribution in [0, 0.1) is 23.2 Å². The molecule has 1 fully saturated rings. The number of carbonyl (C=O) groups excluding carboxylic acids is 2. The maximum atomic E-state index is 12.2. The molecule has 1 N–H and O–H groups in total. The van der Waals surface area contributed by atoms with Gasteiger partial charge in [-0.2, -0.15) is 0 Å². The molecule has 0 aromatic heterocycles. The number of hydrogen-bond acceptors (Lipinski definition) is 3. The zero-order valence-corrected chi connectivity index (χ0v) is 11.6. The van der Waals surface area contributed by atoms with Gasteiger partial charge in [-0.05, 0) is 30.4 Å². The first kappa shape index (κ1) is 13.5. The van der Waals surface area contributed by atoms with Gasteiger partial charge < -0.3 is 5.11 Å². The Kier molecular flexibility index (Phi) is 3.22. The molecule has 0 aliphatic heterocycles. The summed E-state index contributed by atoms with van der Waals surface area (Å²) in [5.74, 6) is 0.318. The third-order valence-corrected chi connectivity index (χ3v) is 4.88. The second kappa shape index (κ2) is 4.30. The van der Waals surface area contributed by atoms with E-state index in [4.69, 9.17) is 0 Å². The van der Waals surface area contributed by atoms with Gasteiger partial charge in [-0.3, -0.25) is 9.59 Å². The van der Waals surface area contributed by atoms with E-state index in [-0.39, 0.29) is 29.3 Å². The van der Waals surface area contributed by atoms with Crippen LogP contribution in [0.1, 0.15) is 40.5 Å². The van der Waals surface area contributed by atoms with Gasteiger partial charge in [-0.1, -0.05) is 20.8 Å². The number of carbonyl (C=O) groups is 2. The van der Waals surface area contributed by atoms with Crippen LogP contribution in [-0.2, 0) is 9.59 Å². The second-order valence-corrected chi connectivity index (χ2v) is 6.30. The number of allylic oxidation sites excluding steroid dienone is 1. The molecule has 0 heterocycles. The maximum Gasteiger partial charge on any atom is 0.159 e. The number of hydrogen-bond donors (Lipinski definition) is 1. The molecule has 4 atom stereocenters. The van der Waals surface area contributed by atoms with Crippen LogP contribution in [0.5, 0.6) is 0 Å². The van der Waals surface area contributed by atoms with Crippen LogP contribution in [0.15, 0.2) is 11.6 Å². The van der Waals surface area contributed by atoms with E-state index in [1.54, 1.807) is 13.0 Å². The van der Waals surface area contributed by atoms with Crippen LogP contribution >= 0.6 is 0 Å². The summed E-state index contributed by atoms with van der Waals surface area (Å²) >= 11 is 0. The van der Waals surface area contributed by atoms with Crippen molar-refractivity contribution in [2.75, 3.05) is 0 Å². The molecule has 2 rings (SSSR count). The first-order valence-corrected chi connectivity index (χ1v) is 6.73. The minimum Gasteiger partial charge on any atom is -0.388 e. The van der Waals surface area contributed by atoms with E-state index in [9.17, 15) is 14.7 Å². The Morgan fingerprint density at radius 2 is 2.00 bits per heavy atom. The SMILES string of the molecule is CC1=CC(O)[C@]2(CC1=O)[C@H](C)CC(=O)[C@H]2C(C)C. The van der Waals surface area contributed by atoms with E-state index in [1.807, 2.05) is 20.8 Å². The first-order chi connectivity index (χ1) is 8.30. The smallest absolute Gasteiger partial charge is 0.159 e. The Bertz CT molecular complexity index is 421. The molecule has 1 unspecified atom stereocenters. The van der Waals surface area contributed by atoms with E-state index in [1.165, 1.54) is 0 Å². The number of Topliss-reactive ketones (excluding diaryl/α,β-unsaturated/α-hetero) is 2. The third-order valence-electron chi connectivity index (χ3n) is 4.88. The van der Waals surface area contributed by atoms with Crippen LogP contribution in [0.25, 0.3) is 0 Å². The number of rotatable bonds is 1. The predicted octanol–water partition coefficient (Wildman–Crippen LogP) is 2.13. The van der Waals surface area contributed by atoms with Crippen molar-refractivity contribution in [1.29, 1.82) is 0 Å². The number of aliphatic hydroxyl groups excluding tert-OH is 1. The molecule has 0 saturated heterocycles. The molecule has 2 aliphatic rings. The van der Waals surface area contributed by atoms with Gasteiger partial charge in [0.25, 0.3) is 0 Å². The number of ketones is 2. The van der Waals surface area contributed by atoms with E-state index < -0.39 is 11.5 Å². The van der Waals surface area contributed by atoms with Gasteiger partial charge in [-0.25, -0.2) is 0 Å². The molecule has 18 heavy (non-hydrogen) atoms. The molecule has 0 radical (unpaired) electrons. The fourth-order valence-corrected chi connectivity index (χ4v) is 3.98. The summed E-state index contributed by atoms with van der Waals surface area (Å²) < 4.78 is 0. The predicted molar refractivity (Wildman–Crippen MR) is 68.9 cm³/mol. The molecule has 3 heteroatoms. The van der Waals surface area contributed by atoms with Gasteiger partial charge in [-0.15, -0.1) is 0 Å². The van der Waals surface area contributed by atoms with Gasteiger partial charge in [0.1, 0.15) is 5.78 Å². The van der Waals surface area contributed by atoms with Crippen molar-refractivity contribution >= 4 is 11.6 Å². The highest BCUT2D eigenvalue weighted by molar-refractivity contribution is 5.98. The molecule has 3 nitrogen and oxygen atoms in total.